The van der Waals surface area contributed by atoms with Crippen LogP contribution in [0.5, 0.6) is 0 Å². The van der Waals surface area contributed by atoms with Gasteiger partial charge in [-0.05, 0) is 6.08 Å². The number of alkyl halides is 3. The molecule has 5 heteroatoms. The van der Waals surface area contributed by atoms with Crippen LogP contribution in [-0.4, -0.2) is 17.0 Å². The zero-order valence-electron chi connectivity index (χ0n) is 5.35. The fraction of sp³-hybridized carbons (Fsp3) is 0.333. The van der Waals surface area contributed by atoms with Crippen LogP contribution in [0.2, 0.25) is 0 Å². The van der Waals surface area contributed by atoms with Crippen LogP contribution in [0.3, 0.4) is 0 Å². The fourth-order valence-corrected chi connectivity index (χ4v) is 1.38. The number of thioether (sulfide) groups is 1. The van der Waals surface area contributed by atoms with Crippen LogP contribution in [0.1, 0.15) is 0 Å². The van der Waals surface area contributed by atoms with E-state index in [2.05, 4.69) is 0 Å². The van der Waals surface area contributed by atoms with Gasteiger partial charge < -0.3 is 5.11 Å². The quantitative estimate of drug-likeness (QED) is 0.621. The molecule has 0 amide bonds. The van der Waals surface area contributed by atoms with Gasteiger partial charge in [0.2, 0.25) is 0 Å². The molecule has 0 saturated carbocycles. The lowest BCUT2D eigenvalue weighted by Crippen LogP contribution is -2.15. The molecule has 62 valence electrons. The average Bonchev–Trinajstić information content (AvgIpc) is 1.86. The van der Waals surface area contributed by atoms with Crippen LogP contribution in [-0.2, 0) is 0 Å². The normalized spacial score (nSPS) is 19.2. The van der Waals surface area contributed by atoms with Crippen molar-refractivity contribution in [3.63, 3.8) is 0 Å². The largest absolute Gasteiger partial charge is 0.507 e. The van der Waals surface area contributed by atoms with E-state index in [1.165, 1.54) is 5.41 Å². The monoisotopic (exact) mass is 182 g/mol. The second-order valence-electron chi connectivity index (χ2n) is 2.02. The third kappa shape index (κ3) is 2.18. The maximum absolute atomic E-state index is 11.9. The van der Waals surface area contributed by atoms with Crippen LogP contribution < -0.4 is 0 Å². The molecule has 0 spiro atoms. The van der Waals surface area contributed by atoms with E-state index in [0.717, 1.165) is 17.8 Å². The SMILES string of the molecule is OC1=CSCC(C(F)(F)F)=C1. The highest BCUT2D eigenvalue weighted by atomic mass is 32.2. The number of hydrogen-bond donors (Lipinski definition) is 1. The Labute approximate surface area is 65.6 Å². The Hall–Kier alpha value is -0.580. The van der Waals surface area contributed by atoms with Crippen molar-refractivity contribution < 1.29 is 18.3 Å². The van der Waals surface area contributed by atoms with E-state index in [4.69, 9.17) is 5.11 Å². The highest BCUT2D eigenvalue weighted by Gasteiger charge is 2.34. The van der Waals surface area contributed by atoms with Crippen LogP contribution in [0.25, 0.3) is 0 Å². The molecule has 0 aliphatic carbocycles. The summed E-state index contributed by atoms with van der Waals surface area (Å²) >= 11 is 0.938. The van der Waals surface area contributed by atoms with E-state index in [9.17, 15) is 13.2 Å². The Morgan fingerprint density at radius 3 is 2.45 bits per heavy atom. The lowest BCUT2D eigenvalue weighted by Gasteiger charge is -2.12. The summed E-state index contributed by atoms with van der Waals surface area (Å²) in [7, 11) is 0. The molecule has 0 radical (unpaired) electrons. The number of aliphatic hydroxyl groups excluding tert-OH is 1. The minimum atomic E-state index is -4.31. The maximum Gasteiger partial charge on any atom is 0.413 e. The summed E-state index contributed by atoms with van der Waals surface area (Å²) in [5.74, 6) is -0.443. The Bertz CT molecular complexity index is 216. The predicted octanol–water partition coefficient (Wildman–Crippen LogP) is 2.62. The number of halogens is 3. The minimum Gasteiger partial charge on any atom is -0.507 e. The molecule has 0 bridgehead atoms. The summed E-state index contributed by atoms with van der Waals surface area (Å²) in [5.41, 5.74) is -0.692. The molecule has 1 rings (SSSR count). The summed E-state index contributed by atoms with van der Waals surface area (Å²) in [6, 6.07) is 0. The first kappa shape index (κ1) is 8.52. The molecule has 0 aromatic carbocycles. The summed E-state index contributed by atoms with van der Waals surface area (Å²) < 4.78 is 35.7. The lowest BCUT2D eigenvalue weighted by atomic mass is 10.2. The molecule has 0 fully saturated rings. The summed E-state index contributed by atoms with van der Waals surface area (Å²) in [6.45, 7) is 0. The molecule has 0 atom stereocenters. The van der Waals surface area contributed by atoms with Gasteiger partial charge in [0, 0.05) is 16.7 Å². The van der Waals surface area contributed by atoms with Gasteiger partial charge in [-0.1, -0.05) is 0 Å². The third-order valence-corrected chi connectivity index (χ3v) is 2.01. The lowest BCUT2D eigenvalue weighted by molar-refractivity contribution is -0.0910. The van der Waals surface area contributed by atoms with Crippen molar-refractivity contribution in [2.45, 2.75) is 6.18 Å². The first-order valence-corrected chi connectivity index (χ1v) is 3.83. The number of rotatable bonds is 0. The van der Waals surface area contributed by atoms with Gasteiger partial charge in [-0.2, -0.15) is 13.2 Å². The molecule has 1 N–H and O–H groups in total. The summed E-state index contributed by atoms with van der Waals surface area (Å²) in [6.07, 6.45) is -3.56. The first-order chi connectivity index (χ1) is 5.00. The Kier molecular flexibility index (Phi) is 2.17. The van der Waals surface area contributed by atoms with Gasteiger partial charge in [0.15, 0.2) is 0 Å². The topological polar surface area (TPSA) is 20.2 Å². The molecular formula is C6H5F3OS. The number of aliphatic hydroxyl groups is 1. The highest BCUT2D eigenvalue weighted by Crippen LogP contribution is 2.32. The van der Waals surface area contributed by atoms with Crippen LogP contribution in [0.15, 0.2) is 22.8 Å². The second kappa shape index (κ2) is 2.81. The summed E-state index contributed by atoms with van der Waals surface area (Å²) in [4.78, 5) is 0. The fourth-order valence-electron chi connectivity index (χ4n) is 0.635. The third-order valence-electron chi connectivity index (χ3n) is 1.13. The van der Waals surface area contributed by atoms with Gasteiger partial charge in [-0.3, -0.25) is 0 Å². The van der Waals surface area contributed by atoms with Crippen molar-refractivity contribution in [1.82, 2.24) is 0 Å². The minimum absolute atomic E-state index is 0.117. The Balaban J connectivity index is 2.82. The van der Waals surface area contributed by atoms with Gasteiger partial charge in [0.05, 0.1) is 0 Å². The van der Waals surface area contributed by atoms with Crippen LogP contribution in [0.4, 0.5) is 13.2 Å². The van der Waals surface area contributed by atoms with Crippen LogP contribution >= 0.6 is 11.8 Å². The molecular weight excluding hydrogens is 177 g/mol. The van der Waals surface area contributed by atoms with Crippen molar-refractivity contribution in [1.29, 1.82) is 0 Å². The molecule has 0 unspecified atom stereocenters. The zero-order chi connectivity index (χ0) is 8.48. The molecule has 0 aromatic rings. The molecule has 11 heavy (non-hydrogen) atoms. The zero-order valence-corrected chi connectivity index (χ0v) is 6.17. The van der Waals surface area contributed by atoms with Crippen molar-refractivity contribution in [3.8, 4) is 0 Å². The highest BCUT2D eigenvalue weighted by molar-refractivity contribution is 8.02. The van der Waals surface area contributed by atoms with E-state index in [1.54, 1.807) is 0 Å². The molecule has 1 nitrogen and oxygen atoms in total. The van der Waals surface area contributed by atoms with Crippen molar-refractivity contribution in [2.75, 3.05) is 5.75 Å². The molecule has 1 aliphatic rings. The molecule has 0 aromatic heterocycles. The first-order valence-electron chi connectivity index (χ1n) is 2.78. The standard InChI is InChI=1S/C6H5F3OS/c7-6(8,9)4-1-5(10)3-11-2-4/h1,3,10H,2H2. The molecule has 0 saturated heterocycles. The second-order valence-corrected chi connectivity index (χ2v) is 2.88. The Morgan fingerprint density at radius 2 is 2.09 bits per heavy atom. The van der Waals surface area contributed by atoms with E-state index >= 15 is 0 Å². The number of hydrogen-bond acceptors (Lipinski definition) is 2. The smallest absolute Gasteiger partial charge is 0.413 e. The molecule has 1 aliphatic heterocycles. The Morgan fingerprint density at radius 1 is 1.45 bits per heavy atom. The van der Waals surface area contributed by atoms with E-state index in [0.29, 0.717) is 0 Å². The van der Waals surface area contributed by atoms with Gasteiger partial charge in [-0.15, -0.1) is 11.8 Å². The van der Waals surface area contributed by atoms with Gasteiger partial charge >= 0.3 is 6.18 Å². The average molecular weight is 182 g/mol. The van der Waals surface area contributed by atoms with Crippen molar-refractivity contribution in [3.05, 3.63) is 22.8 Å². The van der Waals surface area contributed by atoms with Crippen molar-refractivity contribution in [2.24, 2.45) is 0 Å². The van der Waals surface area contributed by atoms with E-state index < -0.39 is 11.7 Å². The van der Waals surface area contributed by atoms with Gasteiger partial charge in [0.25, 0.3) is 0 Å². The van der Waals surface area contributed by atoms with E-state index in [-0.39, 0.29) is 11.5 Å². The number of allylic oxidation sites excluding steroid dienone is 1. The van der Waals surface area contributed by atoms with E-state index in [1.807, 2.05) is 0 Å². The predicted molar refractivity (Wildman–Crippen MR) is 37.3 cm³/mol. The van der Waals surface area contributed by atoms with Gasteiger partial charge in [-0.25, -0.2) is 0 Å². The van der Waals surface area contributed by atoms with Crippen molar-refractivity contribution >= 4 is 11.8 Å². The maximum atomic E-state index is 11.9. The van der Waals surface area contributed by atoms with Crippen LogP contribution in [0, 0.1) is 0 Å². The summed E-state index contributed by atoms with van der Waals surface area (Å²) in [5, 5.41) is 9.99. The van der Waals surface area contributed by atoms with Gasteiger partial charge in [0.1, 0.15) is 5.76 Å². The molecule has 1 heterocycles.